The number of carbonyl (C=O) groups excluding carboxylic acids is 1. The van der Waals surface area contributed by atoms with Crippen molar-refractivity contribution < 1.29 is 32.6 Å². The van der Waals surface area contributed by atoms with Gasteiger partial charge >= 0.3 is 18.2 Å². The number of carbonyl (C=O) groups is 2. The quantitative estimate of drug-likeness (QED) is 0.515. The van der Waals surface area contributed by atoms with Crippen molar-refractivity contribution in [3.8, 4) is 11.1 Å². The molecular weight excluding hydrogens is 459 g/mol. The summed E-state index contributed by atoms with van der Waals surface area (Å²) in [6, 6.07) is 20.4. The van der Waals surface area contributed by atoms with Crippen LogP contribution >= 0.6 is 0 Å². The topological polar surface area (TPSA) is 66.8 Å². The second-order valence-electron chi connectivity index (χ2n) is 8.88. The molecule has 1 N–H and O–H groups in total. The van der Waals surface area contributed by atoms with Crippen LogP contribution < -0.4 is 0 Å². The number of hydrogen-bond donors (Lipinski definition) is 1. The Labute approximate surface area is 199 Å². The molecule has 2 atom stereocenters. The molecule has 1 heterocycles. The highest BCUT2D eigenvalue weighted by Crippen LogP contribution is 2.44. The van der Waals surface area contributed by atoms with Crippen LogP contribution in [0, 0.1) is 5.92 Å². The number of rotatable bonds is 4. The monoisotopic (exact) mass is 481 g/mol. The summed E-state index contributed by atoms with van der Waals surface area (Å²) in [7, 11) is 0. The molecule has 0 saturated carbocycles. The number of aliphatic carboxylic acids is 1. The van der Waals surface area contributed by atoms with Crippen molar-refractivity contribution in [1.82, 2.24) is 4.90 Å². The van der Waals surface area contributed by atoms with Gasteiger partial charge in [-0.3, -0.25) is 4.79 Å². The Kier molecular flexibility index (Phi) is 5.75. The van der Waals surface area contributed by atoms with Crippen molar-refractivity contribution in [2.45, 2.75) is 18.0 Å². The van der Waals surface area contributed by atoms with E-state index in [1.165, 1.54) is 17.0 Å². The van der Waals surface area contributed by atoms with Gasteiger partial charge < -0.3 is 14.7 Å². The molecule has 3 aromatic carbocycles. The molecule has 180 valence electrons. The van der Waals surface area contributed by atoms with E-state index in [2.05, 4.69) is 0 Å². The molecule has 0 aromatic heterocycles. The maximum Gasteiger partial charge on any atom is 0.416 e. The lowest BCUT2D eigenvalue weighted by atomic mass is 9.88. The van der Waals surface area contributed by atoms with Gasteiger partial charge in [0, 0.05) is 24.9 Å². The molecule has 1 amide bonds. The van der Waals surface area contributed by atoms with Crippen molar-refractivity contribution >= 4 is 12.1 Å². The molecule has 0 bridgehead atoms. The number of halogens is 3. The second kappa shape index (κ2) is 8.76. The lowest BCUT2D eigenvalue weighted by Crippen LogP contribution is -2.31. The smallest absolute Gasteiger partial charge is 0.416 e. The highest BCUT2D eigenvalue weighted by molar-refractivity contribution is 5.79. The number of carboxylic acid groups (broad SMARTS) is 1. The Morgan fingerprint density at radius 3 is 2.14 bits per heavy atom. The second-order valence-corrected chi connectivity index (χ2v) is 8.88. The van der Waals surface area contributed by atoms with E-state index in [0.717, 1.165) is 34.4 Å². The normalized spacial score (nSPS) is 19.3. The Hall–Kier alpha value is -3.81. The standard InChI is InChI=1S/C27H22F3NO4/c28-27(29,30)17-7-5-6-16(12-17)22-13-31(14-23(22)25(32)33)26(34)35-15-24-20-10-3-1-8-18(20)19-9-2-4-11-21(19)24/h1-12,22-24H,13-15H2,(H,32,33). The first-order chi connectivity index (χ1) is 16.7. The molecule has 5 rings (SSSR count). The number of benzene rings is 3. The Bertz CT molecular complexity index is 1240. The van der Waals surface area contributed by atoms with E-state index in [0.29, 0.717) is 0 Å². The molecule has 3 aromatic rings. The molecule has 5 nitrogen and oxygen atoms in total. The maximum atomic E-state index is 13.2. The van der Waals surface area contributed by atoms with Crippen LogP contribution in [0.1, 0.15) is 34.1 Å². The van der Waals surface area contributed by atoms with Gasteiger partial charge in [-0.1, -0.05) is 66.7 Å². The summed E-state index contributed by atoms with van der Waals surface area (Å²) in [6.45, 7) is -0.0861. The highest BCUT2D eigenvalue weighted by atomic mass is 19.4. The van der Waals surface area contributed by atoms with Gasteiger partial charge in [-0.2, -0.15) is 13.2 Å². The number of alkyl halides is 3. The largest absolute Gasteiger partial charge is 0.481 e. The van der Waals surface area contributed by atoms with Crippen molar-refractivity contribution in [2.24, 2.45) is 5.92 Å². The van der Waals surface area contributed by atoms with Gasteiger partial charge in [0.1, 0.15) is 6.61 Å². The maximum absolute atomic E-state index is 13.2. The first-order valence-electron chi connectivity index (χ1n) is 11.2. The van der Waals surface area contributed by atoms with E-state index in [9.17, 15) is 27.9 Å². The first-order valence-corrected chi connectivity index (χ1v) is 11.2. The fraction of sp³-hybridized carbons (Fsp3) is 0.259. The zero-order valence-electron chi connectivity index (χ0n) is 18.5. The van der Waals surface area contributed by atoms with Gasteiger partial charge in [0.25, 0.3) is 0 Å². The van der Waals surface area contributed by atoms with E-state index in [1.807, 2.05) is 48.5 Å². The van der Waals surface area contributed by atoms with Crippen LogP contribution in [0.4, 0.5) is 18.0 Å². The molecular formula is C27H22F3NO4. The molecule has 2 aliphatic rings. The third-order valence-electron chi connectivity index (χ3n) is 6.87. The number of nitrogens with zero attached hydrogens (tertiary/aromatic N) is 1. The summed E-state index contributed by atoms with van der Waals surface area (Å²) in [5.41, 5.74) is 3.66. The molecule has 1 aliphatic carbocycles. The zero-order valence-corrected chi connectivity index (χ0v) is 18.5. The lowest BCUT2D eigenvalue weighted by molar-refractivity contribution is -0.141. The van der Waals surface area contributed by atoms with Gasteiger partial charge in [0.2, 0.25) is 0 Å². The predicted molar refractivity (Wildman–Crippen MR) is 122 cm³/mol. The molecule has 1 saturated heterocycles. The van der Waals surface area contributed by atoms with E-state index >= 15 is 0 Å². The summed E-state index contributed by atoms with van der Waals surface area (Å²) < 4.78 is 45.1. The van der Waals surface area contributed by atoms with E-state index in [4.69, 9.17) is 4.74 Å². The summed E-state index contributed by atoms with van der Waals surface area (Å²) in [6.07, 6.45) is -5.22. The van der Waals surface area contributed by atoms with Gasteiger partial charge in [-0.15, -0.1) is 0 Å². The minimum atomic E-state index is -4.54. The van der Waals surface area contributed by atoms with Crippen molar-refractivity contribution in [1.29, 1.82) is 0 Å². The van der Waals surface area contributed by atoms with E-state index in [-0.39, 0.29) is 31.2 Å². The van der Waals surface area contributed by atoms with E-state index in [1.54, 1.807) is 0 Å². The van der Waals surface area contributed by atoms with Gasteiger partial charge in [0.15, 0.2) is 0 Å². The van der Waals surface area contributed by atoms with Gasteiger partial charge in [-0.05, 0) is 33.9 Å². The number of hydrogen-bond acceptors (Lipinski definition) is 3. The number of carboxylic acids is 1. The number of fused-ring (bicyclic) bond motifs is 3. The molecule has 35 heavy (non-hydrogen) atoms. The third kappa shape index (κ3) is 4.24. The average molecular weight is 481 g/mol. The molecule has 0 spiro atoms. The minimum Gasteiger partial charge on any atom is -0.481 e. The Morgan fingerprint density at radius 1 is 0.914 bits per heavy atom. The Balaban J connectivity index is 1.33. The summed E-state index contributed by atoms with van der Waals surface area (Å²) in [5.74, 6) is -3.11. The van der Waals surface area contributed by atoms with Crippen LogP contribution in [0.5, 0.6) is 0 Å². The fourth-order valence-electron chi connectivity index (χ4n) is 5.17. The van der Waals surface area contributed by atoms with Crippen LogP contribution in [-0.2, 0) is 15.7 Å². The highest BCUT2D eigenvalue weighted by Gasteiger charge is 2.42. The van der Waals surface area contributed by atoms with Gasteiger partial charge in [-0.25, -0.2) is 4.79 Å². The summed E-state index contributed by atoms with van der Waals surface area (Å²) in [5, 5.41) is 9.69. The SMILES string of the molecule is O=C(O)C1CN(C(=O)OCC2c3ccccc3-c3ccccc32)CC1c1cccc(C(F)(F)F)c1. The third-order valence-corrected chi connectivity index (χ3v) is 6.87. The minimum absolute atomic E-state index is 0.0328. The van der Waals surface area contributed by atoms with Gasteiger partial charge in [0.05, 0.1) is 11.5 Å². The summed E-state index contributed by atoms with van der Waals surface area (Å²) in [4.78, 5) is 26.1. The van der Waals surface area contributed by atoms with E-state index < -0.39 is 35.6 Å². The summed E-state index contributed by atoms with van der Waals surface area (Å²) >= 11 is 0. The average Bonchev–Trinajstić information content (AvgIpc) is 3.43. The molecule has 2 unspecified atom stereocenters. The molecule has 1 aliphatic heterocycles. The van der Waals surface area contributed by atoms with Crippen molar-refractivity contribution in [3.05, 3.63) is 95.1 Å². The first kappa shape index (κ1) is 23.0. The lowest BCUT2D eigenvalue weighted by Gasteiger charge is -2.19. The van der Waals surface area contributed by atoms with Crippen LogP contribution in [-0.4, -0.2) is 41.8 Å². The van der Waals surface area contributed by atoms with Crippen LogP contribution in [0.15, 0.2) is 72.8 Å². The predicted octanol–water partition coefficient (Wildman–Crippen LogP) is 5.75. The Morgan fingerprint density at radius 2 is 1.54 bits per heavy atom. The zero-order chi connectivity index (χ0) is 24.7. The molecule has 0 radical (unpaired) electrons. The number of ether oxygens (including phenoxy) is 1. The molecule has 1 fully saturated rings. The van der Waals surface area contributed by atoms with Crippen molar-refractivity contribution in [2.75, 3.05) is 19.7 Å². The number of amides is 1. The van der Waals surface area contributed by atoms with Crippen LogP contribution in [0.25, 0.3) is 11.1 Å². The van der Waals surface area contributed by atoms with Crippen LogP contribution in [0.2, 0.25) is 0 Å². The fourth-order valence-corrected chi connectivity index (χ4v) is 5.17. The van der Waals surface area contributed by atoms with Crippen molar-refractivity contribution in [3.63, 3.8) is 0 Å². The number of likely N-dealkylation sites (tertiary alicyclic amines) is 1. The van der Waals surface area contributed by atoms with Crippen LogP contribution in [0.3, 0.4) is 0 Å². The molecule has 8 heteroatoms.